The summed E-state index contributed by atoms with van der Waals surface area (Å²) < 4.78 is 0. The Labute approximate surface area is 193 Å². The molecule has 7 nitrogen and oxygen atoms in total. The van der Waals surface area contributed by atoms with Crippen LogP contribution in [0.15, 0.2) is 48.5 Å². The number of rotatable bonds is 4. The lowest BCUT2D eigenvalue weighted by molar-refractivity contribution is -0.131. The number of hydrogen-bond donors (Lipinski definition) is 1. The number of benzene rings is 2. The summed E-state index contributed by atoms with van der Waals surface area (Å²) in [5, 5.41) is 3.02. The first-order chi connectivity index (χ1) is 15.6. The maximum Gasteiger partial charge on any atom is 0.262 e. The van der Waals surface area contributed by atoms with Gasteiger partial charge in [0, 0.05) is 30.2 Å². The number of carbonyl (C=O) groups excluding carboxylic acids is 4. The minimum absolute atomic E-state index is 0.0464. The average molecular weight is 448 g/mol. The fourth-order valence-corrected chi connectivity index (χ4v) is 4.42. The second-order valence-corrected chi connectivity index (χ2v) is 9.67. The highest BCUT2D eigenvalue weighted by atomic mass is 16.2. The summed E-state index contributed by atoms with van der Waals surface area (Å²) in [7, 11) is 0. The molecule has 2 heterocycles. The van der Waals surface area contributed by atoms with Crippen molar-refractivity contribution < 1.29 is 19.2 Å². The molecular weight excluding hydrogens is 418 g/mol. The number of fused-ring (bicyclic) bond motifs is 1. The molecule has 4 rings (SSSR count). The van der Waals surface area contributed by atoms with Gasteiger partial charge in [0.1, 0.15) is 0 Å². The van der Waals surface area contributed by atoms with Crippen molar-refractivity contribution in [2.75, 3.05) is 13.1 Å². The Morgan fingerprint density at radius 1 is 0.939 bits per heavy atom. The van der Waals surface area contributed by atoms with Gasteiger partial charge in [-0.3, -0.25) is 24.1 Å². The normalized spacial score (nSPS) is 16.7. The first-order valence-corrected chi connectivity index (χ1v) is 11.3. The average Bonchev–Trinajstić information content (AvgIpc) is 3.04. The zero-order chi connectivity index (χ0) is 23.8. The van der Waals surface area contributed by atoms with Crippen LogP contribution >= 0.6 is 0 Å². The summed E-state index contributed by atoms with van der Waals surface area (Å²) in [6.07, 6.45) is 1.73. The molecule has 1 saturated heterocycles. The van der Waals surface area contributed by atoms with E-state index in [1.165, 1.54) is 11.0 Å². The summed E-state index contributed by atoms with van der Waals surface area (Å²) >= 11 is 0. The molecule has 172 valence electrons. The van der Waals surface area contributed by atoms with E-state index in [1.54, 1.807) is 32.9 Å². The highest BCUT2D eigenvalue weighted by Gasteiger charge is 2.42. The van der Waals surface area contributed by atoms with Gasteiger partial charge in [-0.25, -0.2) is 0 Å². The van der Waals surface area contributed by atoms with Crippen LogP contribution in [-0.4, -0.2) is 58.1 Å². The summed E-state index contributed by atoms with van der Waals surface area (Å²) in [5.74, 6) is -0.887. The van der Waals surface area contributed by atoms with E-state index in [0.29, 0.717) is 43.5 Å². The molecule has 0 saturated carbocycles. The van der Waals surface area contributed by atoms with Crippen LogP contribution in [0.25, 0.3) is 0 Å². The quantitative estimate of drug-likeness (QED) is 0.730. The van der Waals surface area contributed by atoms with E-state index in [-0.39, 0.29) is 35.2 Å². The lowest BCUT2D eigenvalue weighted by Gasteiger charge is -2.32. The molecule has 7 heteroatoms. The van der Waals surface area contributed by atoms with E-state index in [4.69, 9.17) is 0 Å². The molecule has 2 aromatic rings. The van der Waals surface area contributed by atoms with E-state index in [9.17, 15) is 19.2 Å². The zero-order valence-corrected chi connectivity index (χ0v) is 19.3. The number of hydrogen-bond acceptors (Lipinski definition) is 4. The number of piperidine rings is 1. The topological polar surface area (TPSA) is 86.8 Å². The molecule has 0 aliphatic carbocycles. The van der Waals surface area contributed by atoms with Crippen LogP contribution in [0.5, 0.6) is 0 Å². The van der Waals surface area contributed by atoms with Gasteiger partial charge in [-0.15, -0.1) is 0 Å². The Bertz CT molecular complexity index is 1100. The largest absolute Gasteiger partial charge is 0.349 e. The molecule has 2 aliphatic heterocycles. The number of nitrogens with one attached hydrogen (secondary N) is 1. The minimum atomic E-state index is -0.637. The van der Waals surface area contributed by atoms with Gasteiger partial charge in [-0.05, 0) is 57.4 Å². The second kappa shape index (κ2) is 8.81. The van der Waals surface area contributed by atoms with E-state index in [2.05, 4.69) is 5.32 Å². The third-order valence-electron chi connectivity index (χ3n) is 6.20. The van der Waals surface area contributed by atoms with E-state index < -0.39 is 5.54 Å². The van der Waals surface area contributed by atoms with Crippen molar-refractivity contribution in [2.24, 2.45) is 0 Å². The third-order valence-corrected chi connectivity index (χ3v) is 6.20. The fraction of sp³-hybridized carbons (Fsp3) is 0.385. The minimum Gasteiger partial charge on any atom is -0.349 e. The maximum atomic E-state index is 12.8. The number of likely N-dealkylation sites (tertiary alicyclic amines) is 1. The molecule has 4 amide bonds. The lowest BCUT2D eigenvalue weighted by Crippen LogP contribution is -2.47. The summed E-state index contributed by atoms with van der Waals surface area (Å²) in [6, 6.07) is 14.3. The van der Waals surface area contributed by atoms with Crippen LogP contribution in [0, 0.1) is 0 Å². The Balaban J connectivity index is 1.35. The molecule has 0 atom stereocenters. The van der Waals surface area contributed by atoms with Gasteiger partial charge >= 0.3 is 0 Å². The molecule has 0 radical (unpaired) electrons. The predicted octanol–water partition coefficient (Wildman–Crippen LogP) is 3.04. The van der Waals surface area contributed by atoms with Gasteiger partial charge < -0.3 is 10.2 Å². The Kier molecular flexibility index (Phi) is 6.06. The van der Waals surface area contributed by atoms with Crippen molar-refractivity contribution in [2.45, 2.75) is 51.6 Å². The fourth-order valence-electron chi connectivity index (χ4n) is 4.42. The zero-order valence-electron chi connectivity index (χ0n) is 19.3. The van der Waals surface area contributed by atoms with Gasteiger partial charge in [0.2, 0.25) is 5.91 Å². The first kappa shape index (κ1) is 22.7. The molecule has 2 aliphatic rings. The first-order valence-electron chi connectivity index (χ1n) is 11.3. The smallest absolute Gasteiger partial charge is 0.262 e. The van der Waals surface area contributed by atoms with Crippen molar-refractivity contribution in [3.05, 3.63) is 70.8 Å². The molecule has 0 aromatic heterocycles. The van der Waals surface area contributed by atoms with Crippen LogP contribution in [0.3, 0.4) is 0 Å². The van der Waals surface area contributed by atoms with Crippen molar-refractivity contribution >= 4 is 23.6 Å². The summed E-state index contributed by atoms with van der Waals surface area (Å²) in [5.41, 5.74) is 1.31. The predicted molar refractivity (Wildman–Crippen MR) is 124 cm³/mol. The van der Waals surface area contributed by atoms with Crippen molar-refractivity contribution in [3.8, 4) is 0 Å². The van der Waals surface area contributed by atoms with Gasteiger partial charge in [0.05, 0.1) is 17.5 Å². The van der Waals surface area contributed by atoms with Gasteiger partial charge in [0.25, 0.3) is 17.7 Å². The number of amides is 4. The highest BCUT2D eigenvalue weighted by molar-refractivity contribution is 6.22. The molecule has 0 bridgehead atoms. The molecule has 1 fully saturated rings. The van der Waals surface area contributed by atoms with E-state index in [1.807, 2.05) is 35.2 Å². The van der Waals surface area contributed by atoms with Crippen molar-refractivity contribution in [1.29, 1.82) is 0 Å². The van der Waals surface area contributed by atoms with Crippen molar-refractivity contribution in [3.63, 3.8) is 0 Å². The Hall–Kier alpha value is -3.48. The Morgan fingerprint density at radius 3 is 2.21 bits per heavy atom. The molecule has 0 spiro atoms. The maximum absolute atomic E-state index is 12.8. The molecule has 33 heavy (non-hydrogen) atoms. The Morgan fingerprint density at radius 2 is 1.58 bits per heavy atom. The molecule has 0 unspecified atom stereocenters. The monoisotopic (exact) mass is 447 g/mol. The van der Waals surface area contributed by atoms with Gasteiger partial charge in [-0.2, -0.15) is 0 Å². The van der Waals surface area contributed by atoms with Gasteiger partial charge in [-0.1, -0.05) is 30.3 Å². The van der Waals surface area contributed by atoms with E-state index >= 15 is 0 Å². The molecule has 1 N–H and O–H groups in total. The SMILES string of the molecule is CC(C)(C)N1C(=O)c2ccc(C(=O)NC3CCN(C(=O)Cc4ccccc4)CC3)cc2C1=O. The highest BCUT2D eigenvalue weighted by Crippen LogP contribution is 2.30. The second-order valence-electron chi connectivity index (χ2n) is 9.67. The van der Waals surface area contributed by atoms with Crippen LogP contribution in [0.2, 0.25) is 0 Å². The molecular formula is C26H29N3O4. The van der Waals surface area contributed by atoms with Crippen LogP contribution < -0.4 is 5.32 Å². The number of nitrogens with zero attached hydrogens (tertiary/aromatic N) is 2. The standard InChI is InChI=1S/C26H29N3O4/c1-26(2,3)29-24(32)20-10-9-18(16-21(20)25(29)33)23(31)27-19-11-13-28(14-12-19)22(30)15-17-7-5-4-6-8-17/h4-10,16,19H,11-15H2,1-3H3,(H,27,31). The van der Waals surface area contributed by atoms with Crippen LogP contribution in [-0.2, 0) is 11.2 Å². The van der Waals surface area contributed by atoms with Crippen LogP contribution in [0.1, 0.15) is 70.3 Å². The number of carbonyl (C=O) groups is 4. The van der Waals surface area contributed by atoms with Crippen molar-refractivity contribution in [1.82, 2.24) is 15.1 Å². The van der Waals surface area contributed by atoms with E-state index in [0.717, 1.165) is 5.56 Å². The number of imide groups is 1. The molecule has 2 aromatic carbocycles. The third kappa shape index (κ3) is 4.67. The lowest BCUT2D eigenvalue weighted by atomic mass is 10.0. The summed E-state index contributed by atoms with van der Waals surface area (Å²) in [6.45, 7) is 6.60. The summed E-state index contributed by atoms with van der Waals surface area (Å²) in [4.78, 5) is 53.9. The van der Waals surface area contributed by atoms with Gasteiger partial charge in [0.15, 0.2) is 0 Å². The van der Waals surface area contributed by atoms with Crippen LogP contribution in [0.4, 0.5) is 0 Å².